The molecule has 2 rings (SSSR count). The van der Waals surface area contributed by atoms with Crippen molar-refractivity contribution in [1.29, 1.82) is 0 Å². The molecule has 1 fully saturated rings. The van der Waals surface area contributed by atoms with Gasteiger partial charge in [0.1, 0.15) is 0 Å². The quantitative estimate of drug-likeness (QED) is 0.878. The number of aryl methyl sites for hydroxylation is 1. The number of hydrogen-bond donors (Lipinski definition) is 2. The van der Waals surface area contributed by atoms with Crippen molar-refractivity contribution in [2.24, 2.45) is 11.8 Å². The summed E-state index contributed by atoms with van der Waals surface area (Å²) in [5.74, 6) is -0.390. The van der Waals surface area contributed by atoms with E-state index in [2.05, 4.69) is 12.2 Å². The van der Waals surface area contributed by atoms with Crippen LogP contribution < -0.4 is 5.32 Å². The topological polar surface area (TPSA) is 66.4 Å². The van der Waals surface area contributed by atoms with Crippen LogP contribution in [0.25, 0.3) is 0 Å². The standard InChI is InChI=1S/C15H19NO3/c1-9-4-3-5-12(9)14(17)16-13-7-6-11(15(18)19)8-10(13)2/h6-9,12H,3-5H2,1-2H3,(H,16,17)(H,18,19). The van der Waals surface area contributed by atoms with E-state index in [-0.39, 0.29) is 17.4 Å². The van der Waals surface area contributed by atoms with E-state index in [0.29, 0.717) is 11.6 Å². The molecule has 1 aromatic carbocycles. The predicted molar refractivity (Wildman–Crippen MR) is 73.3 cm³/mol. The predicted octanol–water partition coefficient (Wildman–Crippen LogP) is 3.07. The first-order valence-corrected chi connectivity index (χ1v) is 6.64. The third-order valence-corrected chi connectivity index (χ3v) is 3.93. The number of rotatable bonds is 3. The highest BCUT2D eigenvalue weighted by Crippen LogP contribution is 2.32. The molecule has 1 aliphatic rings. The number of aromatic carboxylic acids is 1. The van der Waals surface area contributed by atoms with Gasteiger partial charge in [-0.05, 0) is 49.4 Å². The summed E-state index contributed by atoms with van der Waals surface area (Å²) in [5, 5.41) is 11.8. The molecule has 0 aliphatic heterocycles. The van der Waals surface area contributed by atoms with Crippen LogP contribution in [0.3, 0.4) is 0 Å². The summed E-state index contributed by atoms with van der Waals surface area (Å²) in [5.41, 5.74) is 1.72. The zero-order chi connectivity index (χ0) is 14.0. The van der Waals surface area contributed by atoms with E-state index in [4.69, 9.17) is 5.11 Å². The van der Waals surface area contributed by atoms with Crippen molar-refractivity contribution in [2.75, 3.05) is 5.32 Å². The Morgan fingerprint density at radius 3 is 2.58 bits per heavy atom. The van der Waals surface area contributed by atoms with Crippen LogP contribution >= 0.6 is 0 Å². The Morgan fingerprint density at radius 1 is 1.32 bits per heavy atom. The van der Waals surface area contributed by atoms with Crippen LogP contribution in [-0.4, -0.2) is 17.0 Å². The van der Waals surface area contributed by atoms with E-state index in [1.807, 2.05) is 0 Å². The van der Waals surface area contributed by atoms with Gasteiger partial charge < -0.3 is 10.4 Å². The van der Waals surface area contributed by atoms with Gasteiger partial charge in [-0.15, -0.1) is 0 Å². The van der Waals surface area contributed by atoms with Gasteiger partial charge in [0.2, 0.25) is 5.91 Å². The number of carboxylic acids is 1. The number of amides is 1. The van der Waals surface area contributed by atoms with E-state index in [1.165, 1.54) is 6.07 Å². The molecule has 2 N–H and O–H groups in total. The van der Waals surface area contributed by atoms with E-state index in [9.17, 15) is 9.59 Å². The van der Waals surface area contributed by atoms with E-state index in [1.54, 1.807) is 19.1 Å². The number of hydrogen-bond acceptors (Lipinski definition) is 2. The largest absolute Gasteiger partial charge is 0.478 e. The fraction of sp³-hybridized carbons (Fsp3) is 0.467. The van der Waals surface area contributed by atoms with Crippen molar-refractivity contribution in [3.05, 3.63) is 29.3 Å². The Hall–Kier alpha value is -1.84. The lowest BCUT2D eigenvalue weighted by Gasteiger charge is -2.16. The van der Waals surface area contributed by atoms with Gasteiger partial charge in [-0.2, -0.15) is 0 Å². The van der Waals surface area contributed by atoms with Crippen molar-refractivity contribution in [2.45, 2.75) is 33.1 Å². The summed E-state index contributed by atoms with van der Waals surface area (Å²) in [6.45, 7) is 3.91. The first-order valence-electron chi connectivity index (χ1n) is 6.64. The molecule has 4 heteroatoms. The van der Waals surface area contributed by atoms with Gasteiger partial charge in [0.15, 0.2) is 0 Å². The molecule has 2 unspecified atom stereocenters. The van der Waals surface area contributed by atoms with E-state index >= 15 is 0 Å². The first-order chi connectivity index (χ1) is 8.99. The Balaban J connectivity index is 2.11. The van der Waals surface area contributed by atoms with Gasteiger partial charge in [-0.1, -0.05) is 13.3 Å². The monoisotopic (exact) mass is 261 g/mol. The Morgan fingerprint density at radius 2 is 2.05 bits per heavy atom. The smallest absolute Gasteiger partial charge is 0.335 e. The average molecular weight is 261 g/mol. The normalized spacial score (nSPS) is 22.2. The Labute approximate surface area is 112 Å². The molecule has 0 aromatic heterocycles. The van der Waals surface area contributed by atoms with Gasteiger partial charge in [-0.25, -0.2) is 4.79 Å². The average Bonchev–Trinajstić information content (AvgIpc) is 2.77. The fourth-order valence-electron chi connectivity index (χ4n) is 2.70. The van der Waals surface area contributed by atoms with Crippen LogP contribution in [0.4, 0.5) is 5.69 Å². The summed E-state index contributed by atoms with van der Waals surface area (Å²) in [7, 11) is 0. The second-order valence-electron chi connectivity index (χ2n) is 5.34. The second kappa shape index (κ2) is 5.43. The molecule has 1 saturated carbocycles. The molecule has 1 aliphatic carbocycles. The zero-order valence-electron chi connectivity index (χ0n) is 11.3. The Kier molecular flexibility index (Phi) is 3.88. The molecule has 0 spiro atoms. The summed E-state index contributed by atoms with van der Waals surface area (Å²) in [6, 6.07) is 4.76. The van der Waals surface area contributed by atoms with Crippen molar-refractivity contribution < 1.29 is 14.7 Å². The SMILES string of the molecule is Cc1cc(C(=O)O)ccc1NC(=O)C1CCCC1C. The van der Waals surface area contributed by atoms with Crippen LogP contribution in [0.15, 0.2) is 18.2 Å². The Bertz CT molecular complexity index is 510. The van der Waals surface area contributed by atoms with Crippen molar-refractivity contribution in [1.82, 2.24) is 0 Å². The molecule has 2 atom stereocenters. The number of nitrogens with one attached hydrogen (secondary N) is 1. The maximum absolute atomic E-state index is 12.2. The minimum Gasteiger partial charge on any atom is -0.478 e. The van der Waals surface area contributed by atoms with Crippen LogP contribution in [0.1, 0.15) is 42.1 Å². The van der Waals surface area contributed by atoms with Crippen molar-refractivity contribution in [3.63, 3.8) is 0 Å². The number of carbonyl (C=O) groups is 2. The molecule has 102 valence electrons. The minimum atomic E-state index is -0.953. The van der Waals surface area contributed by atoms with Gasteiger partial charge in [0.25, 0.3) is 0 Å². The van der Waals surface area contributed by atoms with Crippen molar-refractivity contribution >= 4 is 17.6 Å². The maximum Gasteiger partial charge on any atom is 0.335 e. The molecular weight excluding hydrogens is 242 g/mol. The van der Waals surface area contributed by atoms with Gasteiger partial charge >= 0.3 is 5.97 Å². The molecule has 0 radical (unpaired) electrons. The fourth-order valence-corrected chi connectivity index (χ4v) is 2.70. The third kappa shape index (κ3) is 2.95. The molecule has 1 amide bonds. The van der Waals surface area contributed by atoms with Crippen molar-refractivity contribution in [3.8, 4) is 0 Å². The number of carbonyl (C=O) groups excluding carboxylic acids is 1. The molecule has 19 heavy (non-hydrogen) atoms. The molecule has 0 saturated heterocycles. The van der Waals surface area contributed by atoms with Gasteiger partial charge in [0.05, 0.1) is 5.56 Å². The van der Waals surface area contributed by atoms with Crippen LogP contribution in [0.2, 0.25) is 0 Å². The molecule has 0 bridgehead atoms. The molecule has 0 heterocycles. The summed E-state index contributed by atoms with van der Waals surface area (Å²) in [6.07, 6.45) is 3.16. The molecule has 1 aromatic rings. The first kappa shape index (κ1) is 13.6. The minimum absolute atomic E-state index is 0.0520. The van der Waals surface area contributed by atoms with Gasteiger partial charge in [-0.3, -0.25) is 4.79 Å². The highest BCUT2D eigenvalue weighted by atomic mass is 16.4. The molecular formula is C15H19NO3. The maximum atomic E-state index is 12.2. The lowest BCUT2D eigenvalue weighted by molar-refractivity contribution is -0.120. The number of anilines is 1. The highest BCUT2D eigenvalue weighted by molar-refractivity contribution is 5.95. The lowest BCUT2D eigenvalue weighted by atomic mass is 9.97. The van der Waals surface area contributed by atoms with E-state index in [0.717, 1.165) is 24.8 Å². The summed E-state index contributed by atoms with van der Waals surface area (Å²) < 4.78 is 0. The molecule has 4 nitrogen and oxygen atoms in total. The van der Waals surface area contributed by atoms with Crippen LogP contribution in [-0.2, 0) is 4.79 Å². The van der Waals surface area contributed by atoms with Crippen LogP contribution in [0, 0.1) is 18.8 Å². The number of carboxylic acid groups (broad SMARTS) is 1. The van der Waals surface area contributed by atoms with Crippen LogP contribution in [0.5, 0.6) is 0 Å². The third-order valence-electron chi connectivity index (χ3n) is 3.93. The highest BCUT2D eigenvalue weighted by Gasteiger charge is 2.29. The van der Waals surface area contributed by atoms with Gasteiger partial charge in [0, 0.05) is 11.6 Å². The number of benzene rings is 1. The lowest BCUT2D eigenvalue weighted by Crippen LogP contribution is -2.24. The summed E-state index contributed by atoms with van der Waals surface area (Å²) >= 11 is 0. The van der Waals surface area contributed by atoms with E-state index < -0.39 is 5.97 Å². The second-order valence-corrected chi connectivity index (χ2v) is 5.34. The zero-order valence-corrected chi connectivity index (χ0v) is 11.3. The summed E-state index contributed by atoms with van der Waals surface area (Å²) in [4.78, 5) is 23.0.